The number of carbonyl (C=O) groups is 3. The Hall–Kier alpha value is -2.81. The van der Waals surface area contributed by atoms with E-state index in [-0.39, 0.29) is 18.9 Å². The summed E-state index contributed by atoms with van der Waals surface area (Å²) in [5.74, 6) is -0.309. The summed E-state index contributed by atoms with van der Waals surface area (Å²) in [6.07, 6.45) is -0.606. The standard InChI is InChI=1S/C16H19N3O6/c1-3-17-15(21)25-9-5-6-10-11(7-9)12-8-18(16(22)19(12)23)13(10)14(20)24-4-2/h5-7,12-13,23H,3-4,8H2,1-2H3,(H,17,21). The van der Waals surface area contributed by atoms with Gasteiger partial charge in [-0.1, -0.05) is 6.07 Å². The second-order valence-corrected chi connectivity index (χ2v) is 5.66. The molecule has 2 unspecified atom stereocenters. The number of esters is 1. The molecule has 2 aliphatic heterocycles. The number of hydrogen-bond acceptors (Lipinski definition) is 6. The van der Waals surface area contributed by atoms with E-state index in [1.165, 1.54) is 4.90 Å². The average molecular weight is 349 g/mol. The molecule has 3 amide bonds. The van der Waals surface area contributed by atoms with Gasteiger partial charge in [-0.05, 0) is 37.1 Å². The Balaban J connectivity index is 1.98. The van der Waals surface area contributed by atoms with Crippen molar-refractivity contribution in [3.63, 3.8) is 0 Å². The molecule has 3 rings (SSSR count). The van der Waals surface area contributed by atoms with Gasteiger partial charge in [0, 0.05) is 6.54 Å². The summed E-state index contributed by atoms with van der Waals surface area (Å²) in [6.45, 7) is 4.19. The number of ether oxygens (including phenoxy) is 2. The summed E-state index contributed by atoms with van der Waals surface area (Å²) in [5.41, 5.74) is 1.09. The first kappa shape index (κ1) is 17.0. The maximum absolute atomic E-state index is 12.3. The fraction of sp³-hybridized carbons (Fsp3) is 0.438. The van der Waals surface area contributed by atoms with Gasteiger partial charge < -0.3 is 19.7 Å². The highest BCUT2D eigenvalue weighted by Crippen LogP contribution is 2.44. The third-order valence-corrected chi connectivity index (χ3v) is 4.17. The number of fused-ring (bicyclic) bond motifs is 4. The molecule has 0 spiro atoms. The first-order valence-electron chi connectivity index (χ1n) is 8.02. The zero-order valence-corrected chi connectivity index (χ0v) is 13.9. The Morgan fingerprint density at radius 1 is 1.32 bits per heavy atom. The lowest BCUT2D eigenvalue weighted by molar-refractivity contribution is -0.148. The molecule has 9 heteroatoms. The van der Waals surface area contributed by atoms with E-state index in [9.17, 15) is 19.6 Å². The fourth-order valence-electron chi connectivity index (χ4n) is 3.14. The van der Waals surface area contributed by atoms with Gasteiger partial charge in [-0.25, -0.2) is 14.4 Å². The summed E-state index contributed by atoms with van der Waals surface area (Å²) >= 11 is 0. The van der Waals surface area contributed by atoms with E-state index in [0.29, 0.717) is 22.7 Å². The predicted octanol–water partition coefficient (Wildman–Crippen LogP) is 1.58. The Bertz CT molecular complexity index is 722. The number of nitrogens with zero attached hydrogens (tertiary/aromatic N) is 2. The molecule has 2 atom stereocenters. The summed E-state index contributed by atoms with van der Waals surface area (Å²) in [6, 6.07) is 2.47. The summed E-state index contributed by atoms with van der Waals surface area (Å²) in [4.78, 5) is 37.4. The third kappa shape index (κ3) is 2.86. The van der Waals surface area contributed by atoms with E-state index in [1.807, 2.05) is 0 Å². The molecule has 1 aromatic carbocycles. The number of urea groups is 1. The highest BCUT2D eigenvalue weighted by Gasteiger charge is 2.50. The van der Waals surface area contributed by atoms with Gasteiger partial charge in [0.1, 0.15) is 11.8 Å². The van der Waals surface area contributed by atoms with Crippen molar-refractivity contribution in [1.82, 2.24) is 15.3 Å². The van der Waals surface area contributed by atoms with Crippen LogP contribution in [0, 0.1) is 0 Å². The van der Waals surface area contributed by atoms with Gasteiger partial charge in [0.25, 0.3) is 0 Å². The third-order valence-electron chi connectivity index (χ3n) is 4.17. The minimum Gasteiger partial charge on any atom is -0.464 e. The number of hydroxylamine groups is 2. The van der Waals surface area contributed by atoms with Crippen LogP contribution in [0.25, 0.3) is 0 Å². The van der Waals surface area contributed by atoms with Gasteiger partial charge in [0.15, 0.2) is 6.04 Å². The average Bonchev–Trinajstić information content (AvgIpc) is 2.82. The molecule has 2 N–H and O–H groups in total. The minimum absolute atomic E-state index is 0.149. The van der Waals surface area contributed by atoms with Gasteiger partial charge in [0.05, 0.1) is 13.2 Å². The first-order chi connectivity index (χ1) is 12.0. The molecule has 2 heterocycles. The fourth-order valence-corrected chi connectivity index (χ4v) is 3.14. The lowest BCUT2D eigenvalue weighted by Crippen LogP contribution is -2.39. The van der Waals surface area contributed by atoms with Crippen molar-refractivity contribution in [1.29, 1.82) is 0 Å². The van der Waals surface area contributed by atoms with Crippen LogP contribution in [0.4, 0.5) is 9.59 Å². The lowest BCUT2D eigenvalue weighted by atomic mass is 9.91. The van der Waals surface area contributed by atoms with Gasteiger partial charge >= 0.3 is 18.1 Å². The molecule has 1 saturated heterocycles. The van der Waals surface area contributed by atoms with Gasteiger partial charge in [0.2, 0.25) is 0 Å². The van der Waals surface area contributed by atoms with Crippen molar-refractivity contribution in [2.45, 2.75) is 25.9 Å². The number of amides is 3. The van der Waals surface area contributed by atoms with Crippen LogP contribution >= 0.6 is 0 Å². The van der Waals surface area contributed by atoms with E-state index in [4.69, 9.17) is 9.47 Å². The van der Waals surface area contributed by atoms with Crippen molar-refractivity contribution in [2.24, 2.45) is 0 Å². The molecule has 0 radical (unpaired) electrons. The second kappa shape index (κ2) is 6.60. The zero-order valence-electron chi connectivity index (χ0n) is 13.9. The van der Waals surface area contributed by atoms with Crippen molar-refractivity contribution in [3.8, 4) is 5.75 Å². The smallest absolute Gasteiger partial charge is 0.412 e. The van der Waals surface area contributed by atoms with Crippen LogP contribution in [0.3, 0.4) is 0 Å². The highest BCUT2D eigenvalue weighted by atomic mass is 16.6. The number of hydrogen-bond donors (Lipinski definition) is 2. The molecule has 134 valence electrons. The van der Waals surface area contributed by atoms with Crippen molar-refractivity contribution < 1.29 is 29.1 Å². The van der Waals surface area contributed by atoms with Crippen LogP contribution in [0.15, 0.2) is 18.2 Å². The Labute approximate surface area is 144 Å². The van der Waals surface area contributed by atoms with Crippen molar-refractivity contribution in [3.05, 3.63) is 29.3 Å². The number of rotatable bonds is 4. The summed E-state index contributed by atoms with van der Waals surface area (Å²) in [7, 11) is 0. The largest absolute Gasteiger partial charge is 0.464 e. The molecule has 0 aliphatic carbocycles. The van der Waals surface area contributed by atoms with Crippen LogP contribution < -0.4 is 10.1 Å². The van der Waals surface area contributed by atoms with Gasteiger partial charge in [-0.15, -0.1) is 0 Å². The molecule has 0 saturated carbocycles. The lowest BCUT2D eigenvalue weighted by Gasteiger charge is -2.31. The molecule has 25 heavy (non-hydrogen) atoms. The Morgan fingerprint density at radius 3 is 2.76 bits per heavy atom. The van der Waals surface area contributed by atoms with E-state index < -0.39 is 30.2 Å². The topological polar surface area (TPSA) is 108 Å². The molecule has 9 nitrogen and oxygen atoms in total. The van der Waals surface area contributed by atoms with Crippen LogP contribution in [-0.2, 0) is 9.53 Å². The maximum Gasteiger partial charge on any atom is 0.412 e. The molecule has 2 bridgehead atoms. The van der Waals surface area contributed by atoms with Crippen LogP contribution in [0.2, 0.25) is 0 Å². The Morgan fingerprint density at radius 2 is 2.08 bits per heavy atom. The normalized spacial score (nSPS) is 21.0. The van der Waals surface area contributed by atoms with E-state index in [1.54, 1.807) is 32.0 Å². The maximum atomic E-state index is 12.3. The molecule has 2 aliphatic rings. The zero-order chi connectivity index (χ0) is 18.1. The van der Waals surface area contributed by atoms with Crippen LogP contribution in [-0.4, -0.2) is 53.0 Å². The molecular weight excluding hydrogens is 330 g/mol. The predicted molar refractivity (Wildman–Crippen MR) is 84.0 cm³/mol. The van der Waals surface area contributed by atoms with E-state index in [2.05, 4.69) is 5.32 Å². The van der Waals surface area contributed by atoms with Gasteiger partial charge in [-0.3, -0.25) is 5.21 Å². The van der Waals surface area contributed by atoms with Crippen molar-refractivity contribution >= 4 is 18.1 Å². The monoisotopic (exact) mass is 349 g/mol. The number of carbonyl (C=O) groups excluding carboxylic acids is 3. The number of nitrogens with one attached hydrogen (secondary N) is 1. The molecule has 1 fully saturated rings. The molecular formula is C16H19N3O6. The van der Waals surface area contributed by atoms with E-state index in [0.717, 1.165) is 0 Å². The minimum atomic E-state index is -0.936. The van der Waals surface area contributed by atoms with E-state index >= 15 is 0 Å². The van der Waals surface area contributed by atoms with Crippen LogP contribution in [0.1, 0.15) is 37.1 Å². The number of benzene rings is 1. The second-order valence-electron chi connectivity index (χ2n) is 5.66. The van der Waals surface area contributed by atoms with Crippen molar-refractivity contribution in [2.75, 3.05) is 19.7 Å². The quantitative estimate of drug-likeness (QED) is 0.631. The molecule has 0 aromatic heterocycles. The first-order valence-corrected chi connectivity index (χ1v) is 8.02. The SMILES string of the molecule is CCNC(=O)Oc1ccc2c(c1)C1CN(C(=O)N1O)C2C(=O)OCC. The summed E-state index contributed by atoms with van der Waals surface area (Å²) < 4.78 is 10.2. The van der Waals surface area contributed by atoms with Crippen LogP contribution in [0.5, 0.6) is 5.75 Å². The Kier molecular flexibility index (Phi) is 4.49. The summed E-state index contributed by atoms with van der Waals surface area (Å²) in [5, 5.41) is 13.2. The van der Waals surface area contributed by atoms with Gasteiger partial charge in [-0.2, -0.15) is 5.06 Å². The molecule has 1 aromatic rings. The highest BCUT2D eigenvalue weighted by molar-refractivity contribution is 5.88.